The number of amides is 3. The van der Waals surface area contributed by atoms with Gasteiger partial charge in [-0.3, -0.25) is 9.59 Å². The van der Waals surface area contributed by atoms with Crippen LogP contribution in [-0.4, -0.2) is 52.7 Å². The van der Waals surface area contributed by atoms with Gasteiger partial charge in [0, 0.05) is 6.54 Å². The lowest BCUT2D eigenvalue weighted by atomic mass is 9.98. The molecule has 0 aliphatic carbocycles. The van der Waals surface area contributed by atoms with E-state index in [2.05, 4.69) is 10.6 Å². The van der Waals surface area contributed by atoms with Crippen molar-refractivity contribution in [3.05, 3.63) is 70.8 Å². The van der Waals surface area contributed by atoms with E-state index in [1.54, 1.807) is 32.9 Å². The van der Waals surface area contributed by atoms with E-state index in [0.29, 0.717) is 5.56 Å². The molecule has 36 heavy (non-hydrogen) atoms. The minimum atomic E-state index is -1.41. The summed E-state index contributed by atoms with van der Waals surface area (Å²) < 4.78 is 5.19. The molecule has 9 heteroatoms. The van der Waals surface area contributed by atoms with Gasteiger partial charge < -0.3 is 25.4 Å². The van der Waals surface area contributed by atoms with E-state index >= 15 is 0 Å². The lowest BCUT2D eigenvalue weighted by molar-refractivity contribution is -0.142. The molecule has 0 radical (unpaired) electrons. The Labute approximate surface area is 212 Å². The van der Waals surface area contributed by atoms with Gasteiger partial charge >= 0.3 is 6.09 Å². The third kappa shape index (κ3) is 8.10. The monoisotopic (exact) mass is 494 g/mol. The summed E-state index contributed by atoms with van der Waals surface area (Å²) in [6, 6.07) is 14.0. The molecule has 0 bridgehead atoms. The number of ether oxygens (including phenoxy) is 1. The van der Waals surface area contributed by atoms with Crippen molar-refractivity contribution < 1.29 is 24.2 Å². The number of aryl methyl sites for hydroxylation is 2. The molecule has 2 atom stereocenters. The zero-order valence-electron chi connectivity index (χ0n) is 21.4. The van der Waals surface area contributed by atoms with Crippen molar-refractivity contribution in [3.8, 4) is 6.07 Å². The van der Waals surface area contributed by atoms with Gasteiger partial charge in [0.1, 0.15) is 24.2 Å². The number of nitrogens with zero attached hydrogens (tertiary/aromatic N) is 2. The number of carbonyl (C=O) groups is 3. The van der Waals surface area contributed by atoms with Gasteiger partial charge in [-0.15, -0.1) is 0 Å². The van der Waals surface area contributed by atoms with Crippen LogP contribution in [-0.2, 0) is 20.9 Å². The average Bonchev–Trinajstić information content (AvgIpc) is 2.82. The van der Waals surface area contributed by atoms with E-state index in [4.69, 9.17) is 4.74 Å². The second-order valence-corrected chi connectivity index (χ2v) is 9.46. The molecule has 2 aromatic carbocycles. The van der Waals surface area contributed by atoms with Gasteiger partial charge in [-0.05, 0) is 56.9 Å². The second kappa shape index (κ2) is 12.7. The Bertz CT molecular complexity index is 1110. The highest BCUT2D eigenvalue weighted by Crippen LogP contribution is 2.25. The lowest BCUT2D eigenvalue weighted by Crippen LogP contribution is -2.54. The fourth-order valence-electron chi connectivity index (χ4n) is 3.50. The zero-order chi connectivity index (χ0) is 26.9. The van der Waals surface area contributed by atoms with Gasteiger partial charge in [0.05, 0.1) is 12.7 Å². The first kappa shape index (κ1) is 28.3. The fourth-order valence-corrected chi connectivity index (χ4v) is 3.50. The Hall–Kier alpha value is -3.90. The predicted molar refractivity (Wildman–Crippen MR) is 135 cm³/mol. The minimum Gasteiger partial charge on any atom is -0.444 e. The topological polar surface area (TPSA) is 132 Å². The van der Waals surface area contributed by atoms with Gasteiger partial charge in [0.2, 0.25) is 11.8 Å². The van der Waals surface area contributed by atoms with Crippen molar-refractivity contribution in [1.82, 2.24) is 15.5 Å². The summed E-state index contributed by atoms with van der Waals surface area (Å²) in [5.74, 6) is -1.29. The van der Waals surface area contributed by atoms with E-state index in [1.807, 2.05) is 56.3 Å². The predicted octanol–water partition coefficient (Wildman–Crippen LogP) is 2.90. The number of benzene rings is 2. The van der Waals surface area contributed by atoms with Crippen LogP contribution in [0.3, 0.4) is 0 Å². The number of carbonyl (C=O) groups excluding carboxylic acids is 3. The Morgan fingerprint density at radius 1 is 1.08 bits per heavy atom. The molecule has 9 nitrogen and oxygen atoms in total. The van der Waals surface area contributed by atoms with Crippen LogP contribution in [0, 0.1) is 25.2 Å². The third-order valence-corrected chi connectivity index (χ3v) is 5.41. The van der Waals surface area contributed by atoms with Crippen molar-refractivity contribution in [2.75, 3.05) is 13.2 Å². The molecule has 2 aromatic rings. The molecule has 2 unspecified atom stereocenters. The number of alkyl carbamates (subject to hydrolysis) is 1. The van der Waals surface area contributed by atoms with Gasteiger partial charge in [-0.1, -0.05) is 48.5 Å². The molecule has 3 N–H and O–H groups in total. The summed E-state index contributed by atoms with van der Waals surface area (Å²) in [7, 11) is 0. The Morgan fingerprint density at radius 3 is 2.31 bits per heavy atom. The molecular weight excluding hydrogens is 460 g/mol. The Kier molecular flexibility index (Phi) is 10.00. The van der Waals surface area contributed by atoms with Crippen LogP contribution in [0.25, 0.3) is 0 Å². The summed E-state index contributed by atoms with van der Waals surface area (Å²) in [4.78, 5) is 40.3. The molecule has 0 spiro atoms. The molecular formula is C27H34N4O5. The second-order valence-electron chi connectivity index (χ2n) is 9.46. The molecule has 0 aliphatic rings. The Morgan fingerprint density at radius 2 is 1.75 bits per heavy atom. The first-order valence-corrected chi connectivity index (χ1v) is 11.6. The first-order valence-electron chi connectivity index (χ1n) is 11.6. The molecule has 0 saturated heterocycles. The van der Waals surface area contributed by atoms with Crippen LogP contribution in [0.1, 0.15) is 49.1 Å². The highest BCUT2D eigenvalue weighted by molar-refractivity contribution is 5.92. The minimum absolute atomic E-state index is 0.217. The van der Waals surface area contributed by atoms with Gasteiger partial charge in [-0.2, -0.15) is 5.26 Å². The van der Waals surface area contributed by atoms with E-state index in [0.717, 1.165) is 21.6 Å². The fraction of sp³-hybridized carbons (Fsp3) is 0.407. The standard InChI is InChI=1S/C27H34N4O5/c1-18-11-12-21(15-19(18)2)23(24(33)29-16-20-9-7-6-8-10-20)31(14-13-28)25(34)22(17-32)30-26(35)36-27(3,4)5/h6-12,15,22-23,32H,14,16-17H2,1-5H3,(H,29,33)(H,30,35). The van der Waals surface area contributed by atoms with E-state index in [1.165, 1.54) is 0 Å². The van der Waals surface area contributed by atoms with Crippen LogP contribution >= 0.6 is 0 Å². The molecule has 2 rings (SSSR count). The number of nitriles is 1. The maximum atomic E-state index is 13.5. The van der Waals surface area contributed by atoms with Crippen molar-refractivity contribution in [1.29, 1.82) is 5.26 Å². The number of hydrogen-bond acceptors (Lipinski definition) is 6. The normalized spacial score (nSPS) is 12.6. The van der Waals surface area contributed by atoms with Crippen LogP contribution < -0.4 is 10.6 Å². The quantitative estimate of drug-likeness (QED) is 0.459. The zero-order valence-corrected chi connectivity index (χ0v) is 21.4. The molecule has 3 amide bonds. The van der Waals surface area contributed by atoms with E-state index in [9.17, 15) is 24.8 Å². The summed E-state index contributed by atoms with van der Waals surface area (Å²) >= 11 is 0. The lowest BCUT2D eigenvalue weighted by Gasteiger charge is -2.32. The van der Waals surface area contributed by atoms with Gasteiger partial charge in [0.15, 0.2) is 0 Å². The summed E-state index contributed by atoms with van der Waals surface area (Å²) in [5.41, 5.74) is 2.45. The highest BCUT2D eigenvalue weighted by atomic mass is 16.6. The largest absolute Gasteiger partial charge is 0.444 e. The molecule has 192 valence electrons. The molecule has 0 fully saturated rings. The first-order chi connectivity index (χ1) is 17.0. The summed E-state index contributed by atoms with van der Waals surface area (Å²) in [6.07, 6.45) is -0.900. The number of hydrogen-bond donors (Lipinski definition) is 3. The average molecular weight is 495 g/mol. The van der Waals surface area contributed by atoms with Crippen molar-refractivity contribution in [2.45, 2.75) is 58.8 Å². The van der Waals surface area contributed by atoms with Crippen LogP contribution in [0.2, 0.25) is 0 Å². The van der Waals surface area contributed by atoms with Crippen LogP contribution in [0.15, 0.2) is 48.5 Å². The smallest absolute Gasteiger partial charge is 0.408 e. The van der Waals surface area contributed by atoms with Gasteiger partial charge in [0.25, 0.3) is 0 Å². The number of aliphatic hydroxyl groups excluding tert-OH is 1. The Balaban J connectivity index is 2.41. The van der Waals surface area contributed by atoms with Crippen molar-refractivity contribution in [2.24, 2.45) is 0 Å². The third-order valence-electron chi connectivity index (χ3n) is 5.41. The SMILES string of the molecule is Cc1ccc(C(C(=O)NCc2ccccc2)N(CC#N)C(=O)C(CO)NC(=O)OC(C)(C)C)cc1C. The number of nitrogens with one attached hydrogen (secondary N) is 2. The van der Waals surface area contributed by atoms with Crippen molar-refractivity contribution >= 4 is 17.9 Å². The molecule has 0 heterocycles. The van der Waals surface area contributed by atoms with Crippen LogP contribution in [0.4, 0.5) is 4.79 Å². The maximum Gasteiger partial charge on any atom is 0.408 e. The molecule has 0 aliphatic heterocycles. The highest BCUT2D eigenvalue weighted by Gasteiger charge is 2.36. The van der Waals surface area contributed by atoms with E-state index < -0.39 is 48.7 Å². The van der Waals surface area contributed by atoms with E-state index in [-0.39, 0.29) is 6.54 Å². The summed E-state index contributed by atoms with van der Waals surface area (Å²) in [6.45, 7) is 7.83. The van der Waals surface area contributed by atoms with Crippen molar-refractivity contribution in [3.63, 3.8) is 0 Å². The molecule has 0 saturated carbocycles. The van der Waals surface area contributed by atoms with Crippen LogP contribution in [0.5, 0.6) is 0 Å². The molecule has 0 aromatic heterocycles. The van der Waals surface area contributed by atoms with Gasteiger partial charge in [-0.25, -0.2) is 4.79 Å². The summed E-state index contributed by atoms with van der Waals surface area (Å²) in [5, 5.41) is 24.6. The maximum absolute atomic E-state index is 13.5. The number of aliphatic hydroxyl groups is 1. The number of rotatable bonds is 9.